The highest BCUT2D eigenvalue weighted by Gasteiger charge is 2.31. The van der Waals surface area contributed by atoms with Crippen LogP contribution in [0.25, 0.3) is 23.0 Å². The maximum atomic E-state index is 12.9. The van der Waals surface area contributed by atoms with Crippen molar-refractivity contribution in [3.63, 3.8) is 0 Å². The van der Waals surface area contributed by atoms with E-state index in [2.05, 4.69) is 21.8 Å². The van der Waals surface area contributed by atoms with E-state index in [4.69, 9.17) is 4.52 Å². The molecule has 0 N–H and O–H groups in total. The Morgan fingerprint density at radius 3 is 2.72 bits per heavy atom. The summed E-state index contributed by atoms with van der Waals surface area (Å²) in [4.78, 5) is 19.2. The van der Waals surface area contributed by atoms with Crippen molar-refractivity contribution in [2.24, 2.45) is 0 Å². The number of halogens is 3. The maximum Gasteiger partial charge on any atom is 0.573 e. The fourth-order valence-electron chi connectivity index (χ4n) is 3.99. The van der Waals surface area contributed by atoms with Crippen molar-refractivity contribution < 1.29 is 27.2 Å². The van der Waals surface area contributed by atoms with Gasteiger partial charge < -0.3 is 18.7 Å². The molecule has 1 aliphatic rings. The molecular weight excluding hydrogens is 425 g/mol. The maximum absolute atomic E-state index is 12.9. The Balaban J connectivity index is 1.48. The number of alkyl halides is 3. The van der Waals surface area contributed by atoms with Gasteiger partial charge in [0, 0.05) is 24.3 Å². The van der Waals surface area contributed by atoms with Gasteiger partial charge in [-0.2, -0.15) is 4.98 Å². The van der Waals surface area contributed by atoms with E-state index in [1.807, 2.05) is 4.90 Å². The fraction of sp³-hybridized carbons (Fsp3) is 0.409. The Kier molecular flexibility index (Phi) is 6.20. The molecule has 1 fully saturated rings. The van der Waals surface area contributed by atoms with Crippen molar-refractivity contribution in [2.45, 2.75) is 51.6 Å². The summed E-state index contributed by atoms with van der Waals surface area (Å²) in [6.45, 7) is 3.03. The van der Waals surface area contributed by atoms with Crippen molar-refractivity contribution in [2.75, 3.05) is 6.54 Å². The van der Waals surface area contributed by atoms with Crippen LogP contribution >= 0.6 is 0 Å². The van der Waals surface area contributed by atoms with Gasteiger partial charge in [-0.3, -0.25) is 4.79 Å². The molecule has 0 radical (unpaired) electrons. The van der Waals surface area contributed by atoms with Crippen LogP contribution in [0.3, 0.4) is 0 Å². The Hall–Kier alpha value is -3.30. The fourth-order valence-corrected chi connectivity index (χ4v) is 3.99. The lowest BCUT2D eigenvalue weighted by atomic mass is 10.00. The van der Waals surface area contributed by atoms with Gasteiger partial charge in [0.1, 0.15) is 18.0 Å². The minimum absolute atomic E-state index is 0.0500. The summed E-state index contributed by atoms with van der Waals surface area (Å²) in [5.41, 5.74) is 1.07. The first-order valence-electron chi connectivity index (χ1n) is 10.5. The SMILES string of the molecule is CC[C@@H]1CCCCN1C(=O)Cn1cccc1-c1nc(-c2ccc(OC(F)(F)F)cc2)no1. The molecule has 0 spiro atoms. The number of hydrogen-bond acceptors (Lipinski definition) is 5. The van der Waals surface area contributed by atoms with Crippen LogP contribution in [0.15, 0.2) is 47.1 Å². The molecule has 1 amide bonds. The summed E-state index contributed by atoms with van der Waals surface area (Å²) in [5.74, 6) is 0.160. The summed E-state index contributed by atoms with van der Waals surface area (Å²) < 4.78 is 48.0. The molecule has 7 nitrogen and oxygen atoms in total. The zero-order valence-corrected chi connectivity index (χ0v) is 17.5. The average Bonchev–Trinajstić information content (AvgIpc) is 3.42. The van der Waals surface area contributed by atoms with E-state index in [9.17, 15) is 18.0 Å². The molecule has 1 saturated heterocycles. The lowest BCUT2D eigenvalue weighted by molar-refractivity contribution is -0.274. The lowest BCUT2D eigenvalue weighted by Gasteiger charge is -2.35. The Morgan fingerprint density at radius 1 is 1.22 bits per heavy atom. The van der Waals surface area contributed by atoms with Gasteiger partial charge >= 0.3 is 6.36 Å². The smallest absolute Gasteiger partial charge is 0.406 e. The Morgan fingerprint density at radius 2 is 2.00 bits per heavy atom. The summed E-state index contributed by atoms with van der Waals surface area (Å²) in [6.07, 6.45) is 1.15. The number of ether oxygens (including phenoxy) is 1. The van der Waals surface area contributed by atoms with Gasteiger partial charge in [0.2, 0.25) is 11.7 Å². The highest BCUT2D eigenvalue weighted by molar-refractivity contribution is 5.77. The van der Waals surface area contributed by atoms with Gasteiger partial charge in [-0.1, -0.05) is 12.1 Å². The van der Waals surface area contributed by atoms with Crippen molar-refractivity contribution in [3.8, 4) is 28.7 Å². The topological polar surface area (TPSA) is 73.4 Å². The van der Waals surface area contributed by atoms with Crippen LogP contribution in [-0.2, 0) is 11.3 Å². The number of rotatable bonds is 6. The highest BCUT2D eigenvalue weighted by atomic mass is 19.4. The molecule has 0 bridgehead atoms. The number of likely N-dealkylation sites (tertiary alicyclic amines) is 1. The molecular formula is C22H23F3N4O3. The van der Waals surface area contributed by atoms with Crippen LogP contribution in [0.4, 0.5) is 13.2 Å². The molecule has 10 heteroatoms. The first-order valence-corrected chi connectivity index (χ1v) is 10.5. The summed E-state index contributed by atoms with van der Waals surface area (Å²) in [6, 6.07) is 9.04. The third-order valence-corrected chi connectivity index (χ3v) is 5.55. The summed E-state index contributed by atoms with van der Waals surface area (Å²) >= 11 is 0. The quantitative estimate of drug-likeness (QED) is 0.537. The number of carbonyl (C=O) groups is 1. The lowest BCUT2D eigenvalue weighted by Crippen LogP contribution is -2.44. The van der Waals surface area contributed by atoms with Crippen molar-refractivity contribution in [1.82, 2.24) is 19.6 Å². The van der Waals surface area contributed by atoms with Crippen molar-refractivity contribution >= 4 is 5.91 Å². The van der Waals surface area contributed by atoms with E-state index in [1.165, 1.54) is 24.3 Å². The Bertz CT molecular complexity index is 1060. The van der Waals surface area contributed by atoms with E-state index in [0.717, 1.165) is 32.2 Å². The minimum atomic E-state index is -4.75. The molecule has 0 unspecified atom stereocenters. The molecule has 32 heavy (non-hydrogen) atoms. The normalized spacial score (nSPS) is 16.9. The number of benzene rings is 1. The van der Waals surface area contributed by atoms with Crippen molar-refractivity contribution in [1.29, 1.82) is 0 Å². The molecule has 1 aromatic carbocycles. The van der Waals surface area contributed by atoms with E-state index in [0.29, 0.717) is 11.3 Å². The Labute approximate surface area is 182 Å². The van der Waals surface area contributed by atoms with E-state index in [-0.39, 0.29) is 36.0 Å². The summed E-state index contributed by atoms with van der Waals surface area (Å²) in [7, 11) is 0. The van der Waals surface area contributed by atoms with Gasteiger partial charge in [0.05, 0.1) is 0 Å². The van der Waals surface area contributed by atoms with E-state index in [1.54, 1.807) is 22.9 Å². The number of nitrogens with zero attached hydrogens (tertiary/aromatic N) is 4. The monoisotopic (exact) mass is 448 g/mol. The zero-order valence-electron chi connectivity index (χ0n) is 17.5. The largest absolute Gasteiger partial charge is 0.573 e. The van der Waals surface area contributed by atoms with Gasteiger partial charge in [-0.15, -0.1) is 13.2 Å². The third-order valence-electron chi connectivity index (χ3n) is 5.55. The molecule has 0 saturated carbocycles. The molecule has 0 aliphatic carbocycles. The van der Waals surface area contributed by atoms with Crippen LogP contribution in [0, 0.1) is 0 Å². The van der Waals surface area contributed by atoms with Crippen LogP contribution in [0.5, 0.6) is 5.75 Å². The van der Waals surface area contributed by atoms with Gasteiger partial charge in [-0.25, -0.2) is 0 Å². The number of hydrogen-bond donors (Lipinski definition) is 0. The zero-order chi connectivity index (χ0) is 22.7. The number of piperidine rings is 1. The molecule has 4 rings (SSSR count). The highest BCUT2D eigenvalue weighted by Crippen LogP contribution is 2.27. The molecule has 2 aromatic heterocycles. The van der Waals surface area contributed by atoms with Crippen LogP contribution in [0.1, 0.15) is 32.6 Å². The molecule has 170 valence electrons. The van der Waals surface area contributed by atoms with Crippen LogP contribution in [-0.4, -0.2) is 44.5 Å². The third kappa shape index (κ3) is 4.95. The molecule has 1 atom stereocenters. The van der Waals surface area contributed by atoms with E-state index < -0.39 is 6.36 Å². The predicted molar refractivity (Wildman–Crippen MR) is 109 cm³/mol. The number of carbonyl (C=O) groups excluding carboxylic acids is 1. The van der Waals surface area contributed by atoms with Gasteiger partial charge in [0.15, 0.2) is 0 Å². The predicted octanol–water partition coefficient (Wildman–Crippen LogP) is 4.89. The second kappa shape index (κ2) is 9.05. The van der Waals surface area contributed by atoms with Crippen LogP contribution < -0.4 is 4.74 Å². The molecule has 1 aliphatic heterocycles. The standard InChI is InChI=1S/C22H23F3N4O3/c1-2-16-6-3-4-13-29(16)19(30)14-28-12-5-7-18(28)21-26-20(27-32-21)15-8-10-17(11-9-15)31-22(23,24)25/h5,7-12,16H,2-4,6,13-14H2,1H3/t16-/m1/s1. The van der Waals surface area contributed by atoms with E-state index >= 15 is 0 Å². The molecule has 3 aromatic rings. The van der Waals surface area contributed by atoms with Crippen LogP contribution in [0.2, 0.25) is 0 Å². The van der Waals surface area contributed by atoms with Crippen molar-refractivity contribution in [3.05, 3.63) is 42.6 Å². The summed E-state index contributed by atoms with van der Waals surface area (Å²) in [5, 5.41) is 3.92. The number of amides is 1. The average molecular weight is 448 g/mol. The minimum Gasteiger partial charge on any atom is -0.406 e. The van der Waals surface area contributed by atoms with Gasteiger partial charge in [-0.05, 0) is 62.1 Å². The second-order valence-corrected chi connectivity index (χ2v) is 7.66. The first-order chi connectivity index (χ1) is 15.3. The first kappa shape index (κ1) is 21.9. The molecule has 3 heterocycles. The number of aromatic nitrogens is 3. The second-order valence-electron chi connectivity index (χ2n) is 7.66. The van der Waals surface area contributed by atoms with Gasteiger partial charge in [0.25, 0.3) is 5.89 Å².